The van der Waals surface area contributed by atoms with Crippen LogP contribution in [-0.4, -0.2) is 22.3 Å². The molecule has 2 N–H and O–H groups in total. The highest BCUT2D eigenvalue weighted by Crippen LogP contribution is 2.66. The maximum absolute atomic E-state index is 11.7. The summed E-state index contributed by atoms with van der Waals surface area (Å²) >= 11 is 0. The highest BCUT2D eigenvalue weighted by atomic mass is 16.4. The normalized spacial score (nSPS) is 52.1. The zero-order chi connectivity index (χ0) is 16.4. The van der Waals surface area contributed by atoms with E-state index in [1.165, 1.54) is 12.0 Å². The van der Waals surface area contributed by atoms with Gasteiger partial charge in [0.15, 0.2) is 0 Å². The summed E-state index contributed by atoms with van der Waals surface area (Å²) in [5, 5.41) is 19.7. The Morgan fingerprint density at radius 2 is 1.91 bits per heavy atom. The molecule has 3 nitrogen and oxygen atoms in total. The predicted molar refractivity (Wildman–Crippen MR) is 88.8 cm³/mol. The van der Waals surface area contributed by atoms with Crippen molar-refractivity contribution in [2.24, 2.45) is 34.5 Å². The summed E-state index contributed by atoms with van der Waals surface area (Å²) < 4.78 is 0. The van der Waals surface area contributed by atoms with Crippen LogP contribution in [0.15, 0.2) is 11.6 Å². The van der Waals surface area contributed by atoms with E-state index in [1.807, 2.05) is 0 Å². The summed E-state index contributed by atoms with van der Waals surface area (Å²) in [5.74, 6) is 1.21. The van der Waals surface area contributed by atoms with Gasteiger partial charge < -0.3 is 10.2 Å². The van der Waals surface area contributed by atoms with E-state index in [4.69, 9.17) is 0 Å². The van der Waals surface area contributed by atoms with Crippen LogP contribution in [0.4, 0.5) is 0 Å². The van der Waals surface area contributed by atoms with E-state index in [0.29, 0.717) is 17.8 Å². The van der Waals surface area contributed by atoms with Gasteiger partial charge in [0.05, 0.1) is 12.0 Å². The second-order valence-corrected chi connectivity index (χ2v) is 9.17. The molecule has 0 aliphatic heterocycles. The van der Waals surface area contributed by atoms with E-state index in [0.717, 1.165) is 44.9 Å². The van der Waals surface area contributed by atoms with Crippen molar-refractivity contribution in [2.75, 3.05) is 0 Å². The zero-order valence-electron chi connectivity index (χ0n) is 14.4. The van der Waals surface area contributed by atoms with Crippen molar-refractivity contribution in [3.05, 3.63) is 11.6 Å². The number of aliphatic carboxylic acids is 1. The second kappa shape index (κ2) is 5.08. The van der Waals surface area contributed by atoms with Crippen molar-refractivity contribution in [3.8, 4) is 0 Å². The number of hydrogen-bond donors (Lipinski definition) is 2. The number of carbonyl (C=O) groups is 1. The molecular formula is C20H30O3. The molecule has 23 heavy (non-hydrogen) atoms. The van der Waals surface area contributed by atoms with Crippen molar-refractivity contribution < 1.29 is 15.0 Å². The van der Waals surface area contributed by atoms with Crippen molar-refractivity contribution in [1.82, 2.24) is 0 Å². The molecular weight excluding hydrogens is 288 g/mol. The smallest absolute Gasteiger partial charge is 0.307 e. The van der Waals surface area contributed by atoms with Gasteiger partial charge in [-0.3, -0.25) is 4.79 Å². The highest BCUT2D eigenvalue weighted by Gasteiger charge is 2.59. The molecule has 0 heterocycles. The Labute approximate surface area is 139 Å². The number of allylic oxidation sites excluding steroid dienone is 1. The molecule has 0 unspecified atom stereocenters. The minimum Gasteiger partial charge on any atom is -0.481 e. The van der Waals surface area contributed by atoms with E-state index in [1.54, 1.807) is 0 Å². The summed E-state index contributed by atoms with van der Waals surface area (Å²) in [6.07, 6.45) is 10.5. The molecule has 3 fully saturated rings. The first-order chi connectivity index (χ1) is 10.9. The highest BCUT2D eigenvalue weighted by molar-refractivity contribution is 5.71. The first-order valence-electron chi connectivity index (χ1n) is 9.46. The molecule has 3 heteroatoms. The zero-order valence-corrected chi connectivity index (χ0v) is 14.4. The molecule has 3 saturated carbocycles. The Balaban J connectivity index is 1.66. The van der Waals surface area contributed by atoms with E-state index in [-0.39, 0.29) is 22.9 Å². The van der Waals surface area contributed by atoms with Crippen LogP contribution in [0, 0.1) is 34.5 Å². The average molecular weight is 318 g/mol. The third kappa shape index (κ3) is 2.08. The largest absolute Gasteiger partial charge is 0.481 e. The monoisotopic (exact) mass is 318 g/mol. The fraction of sp³-hybridized carbons (Fsp3) is 0.850. The number of fused-ring (bicyclic) bond motifs is 5. The maximum Gasteiger partial charge on any atom is 0.307 e. The van der Waals surface area contributed by atoms with Crippen molar-refractivity contribution >= 4 is 5.97 Å². The van der Waals surface area contributed by atoms with Crippen LogP contribution < -0.4 is 0 Å². The van der Waals surface area contributed by atoms with E-state index >= 15 is 0 Å². The van der Waals surface area contributed by atoms with Gasteiger partial charge >= 0.3 is 5.97 Å². The van der Waals surface area contributed by atoms with E-state index in [2.05, 4.69) is 19.9 Å². The summed E-state index contributed by atoms with van der Waals surface area (Å²) in [5.41, 5.74) is 1.75. The SMILES string of the molecule is C[C@]12CC[C@@H]3[C@H](CC=C4C[C@H](O)CC[C@@]43C)[C@@H]1CC[C@@H]2C(=O)O. The molecule has 4 aliphatic rings. The van der Waals surface area contributed by atoms with E-state index in [9.17, 15) is 15.0 Å². The minimum absolute atomic E-state index is 0.00286. The Morgan fingerprint density at radius 1 is 1.13 bits per heavy atom. The number of carboxylic acids is 1. The number of rotatable bonds is 1. The van der Waals surface area contributed by atoms with Crippen LogP contribution in [0.1, 0.15) is 65.2 Å². The van der Waals surface area contributed by atoms with Gasteiger partial charge in [-0.1, -0.05) is 25.5 Å². The molecule has 7 atom stereocenters. The molecule has 0 aromatic carbocycles. The topological polar surface area (TPSA) is 57.5 Å². The fourth-order valence-corrected chi connectivity index (χ4v) is 7.05. The third-order valence-corrected chi connectivity index (χ3v) is 8.38. The van der Waals surface area contributed by atoms with Gasteiger partial charge in [-0.15, -0.1) is 0 Å². The van der Waals surface area contributed by atoms with Gasteiger partial charge in [0.2, 0.25) is 0 Å². The lowest BCUT2D eigenvalue weighted by atomic mass is 9.47. The molecule has 128 valence electrons. The summed E-state index contributed by atoms with van der Waals surface area (Å²) in [7, 11) is 0. The lowest BCUT2D eigenvalue weighted by Crippen LogP contribution is -2.51. The molecule has 0 amide bonds. The summed E-state index contributed by atoms with van der Waals surface area (Å²) in [6.45, 7) is 4.68. The van der Waals surface area contributed by atoms with Gasteiger partial charge in [-0.25, -0.2) is 0 Å². The Morgan fingerprint density at radius 3 is 2.65 bits per heavy atom. The molecule has 0 spiro atoms. The van der Waals surface area contributed by atoms with Gasteiger partial charge in [0.1, 0.15) is 0 Å². The van der Waals surface area contributed by atoms with Crippen LogP contribution in [0.3, 0.4) is 0 Å². The van der Waals surface area contributed by atoms with Crippen LogP contribution in [0.25, 0.3) is 0 Å². The summed E-state index contributed by atoms with van der Waals surface area (Å²) in [6, 6.07) is 0. The Bertz CT molecular complexity index is 553. The second-order valence-electron chi connectivity index (χ2n) is 9.17. The minimum atomic E-state index is -0.576. The lowest BCUT2D eigenvalue weighted by Gasteiger charge is -2.57. The molecule has 0 radical (unpaired) electrons. The van der Waals surface area contributed by atoms with Crippen LogP contribution in [-0.2, 0) is 4.79 Å². The molecule has 0 saturated heterocycles. The Hall–Kier alpha value is -0.830. The predicted octanol–water partition coefficient (Wildman–Crippen LogP) is 4.01. The number of aliphatic hydroxyl groups is 1. The Kier molecular flexibility index (Phi) is 3.46. The lowest BCUT2D eigenvalue weighted by molar-refractivity contribution is -0.148. The fourth-order valence-electron chi connectivity index (χ4n) is 7.05. The number of carboxylic acid groups (broad SMARTS) is 1. The van der Waals surface area contributed by atoms with Crippen LogP contribution in [0.5, 0.6) is 0 Å². The van der Waals surface area contributed by atoms with Gasteiger partial charge in [0, 0.05) is 0 Å². The van der Waals surface area contributed by atoms with Gasteiger partial charge in [-0.05, 0) is 80.0 Å². The van der Waals surface area contributed by atoms with Crippen molar-refractivity contribution in [2.45, 2.75) is 71.3 Å². The first kappa shape index (κ1) is 15.7. The standard InChI is InChI=1S/C20H30O3/c1-19-9-7-13(21)11-12(19)3-4-14-15-5-6-17(18(22)23)20(15,2)10-8-16(14)19/h3,13-17,21H,4-11H2,1-2H3,(H,22,23)/t13-,14-,15+,16-,17-,19+,20+/m1/s1. The molecule has 0 aromatic rings. The van der Waals surface area contributed by atoms with E-state index < -0.39 is 5.97 Å². The van der Waals surface area contributed by atoms with Crippen LogP contribution in [0.2, 0.25) is 0 Å². The first-order valence-corrected chi connectivity index (χ1v) is 9.46. The molecule has 4 rings (SSSR count). The summed E-state index contributed by atoms with van der Waals surface area (Å²) in [4.78, 5) is 11.7. The average Bonchev–Trinajstić information content (AvgIpc) is 2.85. The number of hydrogen-bond acceptors (Lipinski definition) is 2. The van der Waals surface area contributed by atoms with Crippen molar-refractivity contribution in [3.63, 3.8) is 0 Å². The van der Waals surface area contributed by atoms with Gasteiger partial charge in [-0.2, -0.15) is 0 Å². The maximum atomic E-state index is 11.7. The third-order valence-electron chi connectivity index (χ3n) is 8.38. The quantitative estimate of drug-likeness (QED) is 0.718. The van der Waals surface area contributed by atoms with Crippen LogP contribution >= 0.6 is 0 Å². The van der Waals surface area contributed by atoms with Crippen molar-refractivity contribution in [1.29, 1.82) is 0 Å². The molecule has 4 aliphatic carbocycles. The number of aliphatic hydroxyl groups excluding tert-OH is 1. The molecule has 0 bridgehead atoms. The van der Waals surface area contributed by atoms with Gasteiger partial charge in [0.25, 0.3) is 0 Å². The molecule has 0 aromatic heterocycles.